The third-order valence-electron chi connectivity index (χ3n) is 4.57. The highest BCUT2D eigenvalue weighted by molar-refractivity contribution is 5.89. The minimum absolute atomic E-state index is 0.211. The lowest BCUT2D eigenvalue weighted by molar-refractivity contribution is -0.143. The number of carbonyl (C=O) groups excluding carboxylic acids is 3. The number of hydrogen-bond donors (Lipinski definition) is 1. The summed E-state index contributed by atoms with van der Waals surface area (Å²) < 4.78 is 15.6. The Hall–Kier alpha value is -4.13. The SMILES string of the molecule is COC(=O)[C@H](Cc1ccccc1)NC(=O)OC(OC(=O)c1ccccc1)c1ccccc1. The topological polar surface area (TPSA) is 90.9 Å². The van der Waals surface area contributed by atoms with E-state index in [9.17, 15) is 14.4 Å². The lowest BCUT2D eigenvalue weighted by atomic mass is 10.1. The van der Waals surface area contributed by atoms with E-state index in [4.69, 9.17) is 14.2 Å². The molecule has 1 N–H and O–H groups in total. The van der Waals surface area contributed by atoms with Gasteiger partial charge < -0.3 is 19.5 Å². The highest BCUT2D eigenvalue weighted by Crippen LogP contribution is 2.21. The first-order valence-electron chi connectivity index (χ1n) is 9.96. The fraction of sp³-hybridized carbons (Fsp3) is 0.160. The molecule has 1 unspecified atom stereocenters. The van der Waals surface area contributed by atoms with Crippen LogP contribution in [0.3, 0.4) is 0 Å². The molecule has 164 valence electrons. The summed E-state index contributed by atoms with van der Waals surface area (Å²) >= 11 is 0. The summed E-state index contributed by atoms with van der Waals surface area (Å²) in [4.78, 5) is 37.3. The summed E-state index contributed by atoms with van der Waals surface area (Å²) in [7, 11) is 1.24. The summed E-state index contributed by atoms with van der Waals surface area (Å²) in [6.45, 7) is 0. The van der Waals surface area contributed by atoms with Crippen LogP contribution in [0.5, 0.6) is 0 Å². The monoisotopic (exact) mass is 433 g/mol. The lowest BCUT2D eigenvalue weighted by Crippen LogP contribution is -2.43. The van der Waals surface area contributed by atoms with E-state index in [-0.39, 0.29) is 6.42 Å². The normalized spacial score (nSPS) is 12.2. The third kappa shape index (κ3) is 6.43. The Morgan fingerprint density at radius 1 is 0.781 bits per heavy atom. The predicted molar refractivity (Wildman–Crippen MR) is 117 cm³/mol. The molecular formula is C25H23NO6. The van der Waals surface area contributed by atoms with Crippen molar-refractivity contribution in [1.82, 2.24) is 5.32 Å². The second kappa shape index (κ2) is 11.3. The lowest BCUT2D eigenvalue weighted by Gasteiger charge is -2.21. The number of alkyl carbamates (subject to hydrolysis) is 1. The van der Waals surface area contributed by atoms with Crippen LogP contribution in [-0.2, 0) is 25.4 Å². The van der Waals surface area contributed by atoms with Crippen molar-refractivity contribution in [2.45, 2.75) is 18.8 Å². The Bertz CT molecular complexity index is 1020. The Morgan fingerprint density at radius 2 is 1.34 bits per heavy atom. The first kappa shape index (κ1) is 22.6. The first-order chi connectivity index (χ1) is 15.6. The van der Waals surface area contributed by atoms with Gasteiger partial charge in [-0.1, -0.05) is 78.9 Å². The van der Waals surface area contributed by atoms with Crippen LogP contribution in [0, 0.1) is 0 Å². The molecule has 0 aromatic heterocycles. The second-order valence-corrected chi connectivity index (χ2v) is 6.83. The molecule has 3 rings (SSSR count). The number of hydrogen-bond acceptors (Lipinski definition) is 6. The van der Waals surface area contributed by atoms with E-state index in [1.165, 1.54) is 7.11 Å². The van der Waals surface area contributed by atoms with E-state index >= 15 is 0 Å². The maximum absolute atomic E-state index is 12.6. The molecule has 0 bridgehead atoms. The van der Waals surface area contributed by atoms with Gasteiger partial charge in [0.1, 0.15) is 6.04 Å². The van der Waals surface area contributed by atoms with Crippen LogP contribution in [0.25, 0.3) is 0 Å². The van der Waals surface area contributed by atoms with Gasteiger partial charge in [-0.15, -0.1) is 0 Å². The molecule has 0 radical (unpaired) electrons. The molecule has 7 heteroatoms. The molecule has 1 amide bonds. The van der Waals surface area contributed by atoms with Crippen molar-refractivity contribution in [3.63, 3.8) is 0 Å². The van der Waals surface area contributed by atoms with Gasteiger partial charge in [-0.3, -0.25) is 0 Å². The number of carbonyl (C=O) groups is 3. The van der Waals surface area contributed by atoms with Gasteiger partial charge in [-0.2, -0.15) is 0 Å². The molecule has 3 aromatic carbocycles. The molecular weight excluding hydrogens is 410 g/mol. The Labute approximate surface area is 185 Å². The third-order valence-corrected chi connectivity index (χ3v) is 4.57. The molecule has 0 aliphatic carbocycles. The number of nitrogens with one attached hydrogen (secondary N) is 1. The minimum Gasteiger partial charge on any atom is -0.467 e. The fourth-order valence-electron chi connectivity index (χ4n) is 2.97. The van der Waals surface area contributed by atoms with Gasteiger partial charge in [-0.05, 0) is 17.7 Å². The quantitative estimate of drug-likeness (QED) is 0.426. The van der Waals surface area contributed by atoms with Gasteiger partial charge in [0.2, 0.25) is 0 Å². The van der Waals surface area contributed by atoms with Crippen LogP contribution in [0.15, 0.2) is 91.0 Å². The molecule has 0 saturated heterocycles. The first-order valence-corrected chi connectivity index (χ1v) is 9.96. The van der Waals surface area contributed by atoms with E-state index in [0.29, 0.717) is 11.1 Å². The molecule has 0 spiro atoms. The molecule has 0 heterocycles. The molecule has 3 aromatic rings. The maximum Gasteiger partial charge on any atom is 0.411 e. The van der Waals surface area contributed by atoms with Crippen LogP contribution in [0.2, 0.25) is 0 Å². The van der Waals surface area contributed by atoms with Gasteiger partial charge in [-0.25, -0.2) is 14.4 Å². The van der Waals surface area contributed by atoms with Gasteiger partial charge in [0.05, 0.1) is 12.7 Å². The molecule has 0 aliphatic rings. The molecule has 32 heavy (non-hydrogen) atoms. The molecule has 0 fully saturated rings. The Kier molecular flexibility index (Phi) is 7.97. The Morgan fingerprint density at radius 3 is 1.94 bits per heavy atom. The van der Waals surface area contributed by atoms with Crippen LogP contribution >= 0.6 is 0 Å². The molecule has 2 atom stereocenters. The van der Waals surface area contributed by atoms with Crippen LogP contribution < -0.4 is 5.32 Å². The van der Waals surface area contributed by atoms with Gasteiger partial charge in [0, 0.05) is 12.0 Å². The average molecular weight is 433 g/mol. The molecule has 7 nitrogen and oxygen atoms in total. The zero-order chi connectivity index (χ0) is 22.8. The van der Waals surface area contributed by atoms with E-state index in [1.807, 2.05) is 30.3 Å². The number of benzene rings is 3. The summed E-state index contributed by atoms with van der Waals surface area (Å²) in [6, 6.07) is 25.1. The Balaban J connectivity index is 1.73. The van der Waals surface area contributed by atoms with Crippen molar-refractivity contribution >= 4 is 18.0 Å². The largest absolute Gasteiger partial charge is 0.467 e. The van der Waals surface area contributed by atoms with Crippen LogP contribution in [-0.4, -0.2) is 31.2 Å². The van der Waals surface area contributed by atoms with Crippen molar-refractivity contribution in [2.24, 2.45) is 0 Å². The highest BCUT2D eigenvalue weighted by Gasteiger charge is 2.27. The van der Waals surface area contributed by atoms with Crippen molar-refractivity contribution in [2.75, 3.05) is 7.11 Å². The van der Waals surface area contributed by atoms with Crippen molar-refractivity contribution in [3.05, 3.63) is 108 Å². The van der Waals surface area contributed by atoms with Gasteiger partial charge in [0.15, 0.2) is 0 Å². The van der Waals surface area contributed by atoms with E-state index in [1.54, 1.807) is 60.7 Å². The van der Waals surface area contributed by atoms with Gasteiger partial charge >= 0.3 is 18.0 Å². The second-order valence-electron chi connectivity index (χ2n) is 6.83. The maximum atomic E-state index is 12.6. The molecule has 0 aliphatic heterocycles. The van der Waals surface area contributed by atoms with Gasteiger partial charge in [0.25, 0.3) is 6.29 Å². The number of methoxy groups -OCH3 is 1. The smallest absolute Gasteiger partial charge is 0.411 e. The summed E-state index contributed by atoms with van der Waals surface area (Å²) in [5.74, 6) is -1.27. The standard InChI is InChI=1S/C25H23NO6/c1-30-23(28)21(17-18-11-5-2-6-12-18)26-25(29)32-24(20-15-9-4-10-16-20)31-22(27)19-13-7-3-8-14-19/h2-16,21,24H,17H2,1H3,(H,26,29)/t21-,24?/m0/s1. The van der Waals surface area contributed by atoms with Crippen LogP contribution in [0.1, 0.15) is 27.8 Å². The zero-order valence-electron chi connectivity index (χ0n) is 17.5. The van der Waals surface area contributed by atoms with E-state index < -0.39 is 30.4 Å². The number of rotatable bonds is 8. The fourth-order valence-corrected chi connectivity index (χ4v) is 2.97. The summed E-state index contributed by atoms with van der Waals surface area (Å²) in [6.07, 6.45) is -2.02. The van der Waals surface area contributed by atoms with Crippen LogP contribution in [0.4, 0.5) is 4.79 Å². The van der Waals surface area contributed by atoms with E-state index in [2.05, 4.69) is 5.32 Å². The minimum atomic E-state index is -1.31. The number of amides is 1. The average Bonchev–Trinajstić information content (AvgIpc) is 2.84. The molecule has 0 saturated carbocycles. The van der Waals surface area contributed by atoms with E-state index in [0.717, 1.165) is 5.56 Å². The zero-order valence-corrected chi connectivity index (χ0v) is 17.5. The number of ether oxygens (including phenoxy) is 3. The van der Waals surface area contributed by atoms with Crippen molar-refractivity contribution in [1.29, 1.82) is 0 Å². The number of esters is 2. The summed E-state index contributed by atoms with van der Waals surface area (Å²) in [5, 5.41) is 2.50. The van der Waals surface area contributed by atoms with Crippen molar-refractivity contribution < 1.29 is 28.6 Å². The summed E-state index contributed by atoms with van der Waals surface area (Å²) in [5.41, 5.74) is 1.61. The highest BCUT2D eigenvalue weighted by atomic mass is 16.7. The van der Waals surface area contributed by atoms with Crippen molar-refractivity contribution in [3.8, 4) is 0 Å². The predicted octanol–water partition coefficient (Wildman–Crippen LogP) is 4.05.